The summed E-state index contributed by atoms with van der Waals surface area (Å²) < 4.78 is 5.53. The zero-order valence-corrected chi connectivity index (χ0v) is 12.4. The molecule has 2 aromatic heterocycles. The second-order valence-electron chi connectivity index (χ2n) is 5.48. The summed E-state index contributed by atoms with van der Waals surface area (Å²) in [4.78, 5) is 24.5. The Morgan fingerprint density at radius 2 is 2.09 bits per heavy atom. The third kappa shape index (κ3) is 3.46. The molecule has 1 aliphatic heterocycles. The van der Waals surface area contributed by atoms with Gasteiger partial charge >= 0.3 is 0 Å². The van der Waals surface area contributed by atoms with E-state index in [2.05, 4.69) is 20.3 Å². The van der Waals surface area contributed by atoms with E-state index in [9.17, 15) is 4.79 Å². The van der Waals surface area contributed by atoms with Gasteiger partial charge in [0.15, 0.2) is 0 Å². The summed E-state index contributed by atoms with van der Waals surface area (Å²) in [6.07, 6.45) is 7.50. The van der Waals surface area contributed by atoms with E-state index in [4.69, 9.17) is 4.74 Å². The number of ether oxygens (including phenoxy) is 1. The molecule has 0 spiro atoms. The van der Waals surface area contributed by atoms with Gasteiger partial charge in [-0.15, -0.1) is 0 Å². The lowest BCUT2D eigenvalue weighted by atomic mass is 9.95. The standard InChI is InChI=1S/C16H18N4O2/c1-11-7-19-14(8-18-11)16(21)20-15-10-22-9-13(15)6-12-2-4-17-5-3-12/h2-5,7-8,13,15H,6,9-10H2,1H3,(H,20,21)/t13-,15-/m1/s1. The Morgan fingerprint density at radius 3 is 2.82 bits per heavy atom. The number of hydrogen-bond acceptors (Lipinski definition) is 5. The van der Waals surface area contributed by atoms with E-state index in [1.54, 1.807) is 18.6 Å². The fourth-order valence-corrected chi connectivity index (χ4v) is 2.53. The molecule has 1 fully saturated rings. The molecular weight excluding hydrogens is 280 g/mol. The Labute approximate surface area is 129 Å². The molecule has 22 heavy (non-hydrogen) atoms. The molecule has 6 nitrogen and oxygen atoms in total. The van der Waals surface area contributed by atoms with Crippen LogP contribution in [0.2, 0.25) is 0 Å². The summed E-state index contributed by atoms with van der Waals surface area (Å²) >= 11 is 0. The maximum Gasteiger partial charge on any atom is 0.271 e. The van der Waals surface area contributed by atoms with Crippen molar-refractivity contribution >= 4 is 5.91 Å². The number of pyridine rings is 1. The highest BCUT2D eigenvalue weighted by Gasteiger charge is 2.30. The van der Waals surface area contributed by atoms with Crippen molar-refractivity contribution in [3.8, 4) is 0 Å². The minimum atomic E-state index is -0.206. The topological polar surface area (TPSA) is 77.0 Å². The maximum absolute atomic E-state index is 12.2. The van der Waals surface area contributed by atoms with Crippen LogP contribution >= 0.6 is 0 Å². The molecule has 0 radical (unpaired) electrons. The Hall–Kier alpha value is -2.34. The molecule has 1 aliphatic rings. The first-order valence-corrected chi connectivity index (χ1v) is 7.28. The first kappa shape index (κ1) is 14.6. The van der Waals surface area contributed by atoms with Gasteiger partial charge in [-0.05, 0) is 31.0 Å². The van der Waals surface area contributed by atoms with Crippen LogP contribution in [0.15, 0.2) is 36.9 Å². The van der Waals surface area contributed by atoms with Crippen molar-refractivity contribution in [1.29, 1.82) is 0 Å². The highest BCUT2D eigenvalue weighted by Crippen LogP contribution is 2.19. The average molecular weight is 298 g/mol. The van der Waals surface area contributed by atoms with E-state index >= 15 is 0 Å². The molecule has 1 amide bonds. The van der Waals surface area contributed by atoms with Crippen LogP contribution in [0, 0.1) is 12.8 Å². The highest BCUT2D eigenvalue weighted by atomic mass is 16.5. The first-order valence-electron chi connectivity index (χ1n) is 7.28. The van der Waals surface area contributed by atoms with Gasteiger partial charge in [-0.1, -0.05) is 0 Å². The fourth-order valence-electron chi connectivity index (χ4n) is 2.53. The molecule has 0 aliphatic carbocycles. The molecule has 0 unspecified atom stereocenters. The molecule has 1 saturated heterocycles. The van der Waals surface area contributed by atoms with E-state index in [0.29, 0.717) is 18.9 Å². The van der Waals surface area contributed by atoms with Crippen LogP contribution in [0.1, 0.15) is 21.7 Å². The summed E-state index contributed by atoms with van der Waals surface area (Å²) in [5.41, 5.74) is 2.32. The summed E-state index contributed by atoms with van der Waals surface area (Å²) in [6, 6.07) is 3.97. The SMILES string of the molecule is Cc1cnc(C(=O)N[C@@H]2COC[C@H]2Cc2ccncc2)cn1. The van der Waals surface area contributed by atoms with Gasteiger partial charge in [0.05, 0.1) is 31.1 Å². The van der Waals surface area contributed by atoms with Crippen LogP contribution < -0.4 is 5.32 Å². The van der Waals surface area contributed by atoms with Gasteiger partial charge in [0.25, 0.3) is 5.91 Å². The summed E-state index contributed by atoms with van der Waals surface area (Å²) in [5.74, 6) is 0.0486. The highest BCUT2D eigenvalue weighted by molar-refractivity contribution is 5.92. The second-order valence-corrected chi connectivity index (χ2v) is 5.48. The van der Waals surface area contributed by atoms with Crippen LogP contribution in [0.4, 0.5) is 0 Å². The van der Waals surface area contributed by atoms with Crippen LogP contribution in [-0.2, 0) is 11.2 Å². The van der Waals surface area contributed by atoms with Crippen molar-refractivity contribution in [3.63, 3.8) is 0 Å². The van der Waals surface area contributed by atoms with Crippen LogP contribution in [0.5, 0.6) is 0 Å². The van der Waals surface area contributed by atoms with Crippen molar-refractivity contribution < 1.29 is 9.53 Å². The first-order chi connectivity index (χ1) is 10.7. The molecular formula is C16H18N4O2. The molecule has 114 valence electrons. The van der Waals surface area contributed by atoms with Crippen molar-refractivity contribution in [3.05, 3.63) is 53.9 Å². The maximum atomic E-state index is 12.2. The van der Waals surface area contributed by atoms with Crippen molar-refractivity contribution in [2.45, 2.75) is 19.4 Å². The third-order valence-corrected chi connectivity index (χ3v) is 3.78. The lowest BCUT2D eigenvalue weighted by molar-refractivity contribution is 0.0919. The van der Waals surface area contributed by atoms with Gasteiger partial charge in [-0.2, -0.15) is 0 Å². The Balaban J connectivity index is 1.63. The van der Waals surface area contributed by atoms with E-state index in [-0.39, 0.29) is 17.9 Å². The number of rotatable bonds is 4. The minimum absolute atomic E-state index is 0.0104. The summed E-state index contributed by atoms with van der Waals surface area (Å²) in [6.45, 7) is 3.01. The van der Waals surface area contributed by atoms with Crippen molar-refractivity contribution in [2.75, 3.05) is 13.2 Å². The number of nitrogens with one attached hydrogen (secondary N) is 1. The number of nitrogens with zero attached hydrogens (tertiary/aromatic N) is 3. The predicted octanol–water partition coefficient (Wildman–Crippen LogP) is 1.17. The molecule has 2 atom stereocenters. The minimum Gasteiger partial charge on any atom is -0.379 e. The lowest BCUT2D eigenvalue weighted by Crippen LogP contribution is -2.41. The quantitative estimate of drug-likeness (QED) is 0.917. The zero-order valence-electron chi connectivity index (χ0n) is 12.4. The smallest absolute Gasteiger partial charge is 0.271 e. The molecule has 1 N–H and O–H groups in total. The summed E-state index contributed by atoms with van der Waals surface area (Å²) in [5, 5.41) is 3.00. The molecule has 2 aromatic rings. The normalized spacial score (nSPS) is 20.8. The monoisotopic (exact) mass is 298 g/mol. The number of carbonyl (C=O) groups excluding carboxylic acids is 1. The summed E-state index contributed by atoms with van der Waals surface area (Å²) in [7, 11) is 0. The fraction of sp³-hybridized carbons (Fsp3) is 0.375. The lowest BCUT2D eigenvalue weighted by Gasteiger charge is -2.18. The van der Waals surface area contributed by atoms with Gasteiger partial charge in [0.1, 0.15) is 5.69 Å². The Bertz CT molecular complexity index is 630. The third-order valence-electron chi connectivity index (χ3n) is 3.78. The van der Waals surface area contributed by atoms with E-state index < -0.39 is 0 Å². The van der Waals surface area contributed by atoms with E-state index in [1.165, 1.54) is 11.8 Å². The zero-order chi connectivity index (χ0) is 15.4. The second kappa shape index (κ2) is 6.62. The number of carbonyl (C=O) groups is 1. The Kier molecular flexibility index (Phi) is 4.39. The molecule has 3 heterocycles. The molecule has 3 rings (SSSR count). The van der Waals surface area contributed by atoms with Crippen LogP contribution in [0.3, 0.4) is 0 Å². The predicted molar refractivity (Wildman–Crippen MR) is 80.3 cm³/mol. The van der Waals surface area contributed by atoms with Gasteiger partial charge in [0, 0.05) is 24.5 Å². The van der Waals surface area contributed by atoms with Crippen LogP contribution in [0.25, 0.3) is 0 Å². The number of aryl methyl sites for hydroxylation is 1. The average Bonchev–Trinajstić information content (AvgIpc) is 2.96. The van der Waals surface area contributed by atoms with Gasteiger partial charge in [-0.25, -0.2) is 4.98 Å². The number of amides is 1. The van der Waals surface area contributed by atoms with E-state index in [1.807, 2.05) is 19.1 Å². The Morgan fingerprint density at radius 1 is 1.27 bits per heavy atom. The molecule has 0 bridgehead atoms. The number of hydrogen-bond donors (Lipinski definition) is 1. The van der Waals surface area contributed by atoms with Gasteiger partial charge in [0.2, 0.25) is 0 Å². The van der Waals surface area contributed by atoms with Crippen LogP contribution in [-0.4, -0.2) is 40.1 Å². The van der Waals surface area contributed by atoms with Crippen molar-refractivity contribution in [2.24, 2.45) is 5.92 Å². The number of aromatic nitrogens is 3. The van der Waals surface area contributed by atoms with Gasteiger partial charge < -0.3 is 10.1 Å². The van der Waals surface area contributed by atoms with Crippen molar-refractivity contribution in [1.82, 2.24) is 20.3 Å². The van der Waals surface area contributed by atoms with E-state index in [0.717, 1.165) is 12.1 Å². The van der Waals surface area contributed by atoms with Gasteiger partial charge in [-0.3, -0.25) is 14.8 Å². The molecule has 0 saturated carbocycles. The molecule has 6 heteroatoms. The largest absolute Gasteiger partial charge is 0.379 e. The molecule has 0 aromatic carbocycles.